The Labute approximate surface area is 136 Å². The second-order valence-corrected chi connectivity index (χ2v) is 6.59. The fourth-order valence-corrected chi connectivity index (χ4v) is 4.48. The summed E-state index contributed by atoms with van der Waals surface area (Å²) in [5.74, 6) is 1.02. The molecule has 1 heteroatoms. The summed E-state index contributed by atoms with van der Waals surface area (Å²) in [7, 11) is 0. The van der Waals surface area contributed by atoms with Crippen molar-refractivity contribution in [3.05, 3.63) is 96.3 Å². The second-order valence-electron chi connectivity index (χ2n) is 6.59. The van der Waals surface area contributed by atoms with Crippen LogP contribution in [0.5, 0.6) is 0 Å². The molecule has 5 rings (SSSR count). The molecule has 0 bridgehead atoms. The first-order chi connectivity index (χ1) is 11.4. The number of hydrogen-bond donors (Lipinski definition) is 0. The lowest BCUT2D eigenvalue weighted by molar-refractivity contribution is 0.212. The van der Waals surface area contributed by atoms with Crippen molar-refractivity contribution in [1.29, 1.82) is 0 Å². The van der Waals surface area contributed by atoms with Crippen molar-refractivity contribution in [3.63, 3.8) is 0 Å². The van der Waals surface area contributed by atoms with Gasteiger partial charge in [0, 0.05) is 17.3 Å². The fraction of sp³-hybridized carbons (Fsp3) is 0.182. The topological polar surface area (TPSA) is 9.23 Å². The normalized spacial score (nSPS) is 28.2. The SMILES string of the molecule is C1=C[C@]2(c3ccccc3)[C@H](CO1)[C@H]2c1cccc2ccccc12. The van der Waals surface area contributed by atoms with Crippen LogP contribution in [0.3, 0.4) is 0 Å². The van der Waals surface area contributed by atoms with Gasteiger partial charge in [-0.15, -0.1) is 0 Å². The molecule has 3 aromatic rings. The lowest BCUT2D eigenvalue weighted by atomic mass is 9.88. The third-order valence-electron chi connectivity index (χ3n) is 5.57. The number of rotatable bonds is 2. The molecule has 1 heterocycles. The predicted octanol–water partition coefficient (Wildman–Crippen LogP) is 5.04. The van der Waals surface area contributed by atoms with E-state index in [1.54, 1.807) is 0 Å². The van der Waals surface area contributed by atoms with Crippen LogP contribution in [-0.4, -0.2) is 6.61 Å². The van der Waals surface area contributed by atoms with Gasteiger partial charge in [0.25, 0.3) is 0 Å². The maximum absolute atomic E-state index is 5.65. The van der Waals surface area contributed by atoms with Gasteiger partial charge in [-0.2, -0.15) is 0 Å². The van der Waals surface area contributed by atoms with Crippen molar-refractivity contribution < 1.29 is 4.74 Å². The molecule has 2 aliphatic rings. The first-order valence-corrected chi connectivity index (χ1v) is 8.24. The van der Waals surface area contributed by atoms with E-state index in [1.165, 1.54) is 21.9 Å². The van der Waals surface area contributed by atoms with E-state index in [2.05, 4.69) is 78.9 Å². The Morgan fingerprint density at radius 1 is 0.826 bits per heavy atom. The molecule has 1 saturated carbocycles. The molecule has 0 spiro atoms. The van der Waals surface area contributed by atoms with Crippen molar-refractivity contribution in [1.82, 2.24) is 0 Å². The molecule has 0 saturated heterocycles. The Kier molecular flexibility index (Phi) is 2.66. The molecule has 1 aliphatic heterocycles. The second kappa shape index (κ2) is 4.73. The minimum Gasteiger partial charge on any atom is -0.501 e. The largest absolute Gasteiger partial charge is 0.501 e. The monoisotopic (exact) mass is 298 g/mol. The van der Waals surface area contributed by atoms with Gasteiger partial charge in [0.1, 0.15) is 0 Å². The molecule has 0 unspecified atom stereocenters. The number of hydrogen-bond acceptors (Lipinski definition) is 1. The maximum atomic E-state index is 5.65. The van der Waals surface area contributed by atoms with Gasteiger partial charge in [-0.1, -0.05) is 72.8 Å². The van der Waals surface area contributed by atoms with E-state index >= 15 is 0 Å². The van der Waals surface area contributed by atoms with Gasteiger partial charge >= 0.3 is 0 Å². The van der Waals surface area contributed by atoms with Crippen molar-refractivity contribution >= 4 is 10.8 Å². The molecule has 3 aromatic carbocycles. The average molecular weight is 298 g/mol. The molecule has 0 N–H and O–H groups in total. The van der Waals surface area contributed by atoms with Crippen LogP contribution >= 0.6 is 0 Å². The van der Waals surface area contributed by atoms with Crippen molar-refractivity contribution in [2.24, 2.45) is 5.92 Å². The summed E-state index contributed by atoms with van der Waals surface area (Å²) in [5.41, 5.74) is 2.96. The van der Waals surface area contributed by atoms with Crippen LogP contribution in [0.25, 0.3) is 10.8 Å². The highest BCUT2D eigenvalue weighted by Gasteiger charge is 2.65. The molecule has 23 heavy (non-hydrogen) atoms. The third-order valence-corrected chi connectivity index (χ3v) is 5.57. The first-order valence-electron chi connectivity index (χ1n) is 8.24. The van der Waals surface area contributed by atoms with Crippen LogP contribution in [0.1, 0.15) is 17.0 Å². The van der Waals surface area contributed by atoms with Crippen molar-refractivity contribution in [2.45, 2.75) is 11.3 Å². The summed E-state index contributed by atoms with van der Waals surface area (Å²) in [6, 6.07) is 26.3. The van der Waals surface area contributed by atoms with Crippen LogP contribution in [0, 0.1) is 5.92 Å². The number of benzene rings is 3. The van der Waals surface area contributed by atoms with Gasteiger partial charge in [-0.25, -0.2) is 0 Å². The maximum Gasteiger partial charge on any atom is 0.0919 e. The number of fused-ring (bicyclic) bond motifs is 2. The summed E-state index contributed by atoms with van der Waals surface area (Å²) < 4.78 is 5.65. The van der Waals surface area contributed by atoms with Crippen LogP contribution in [0.4, 0.5) is 0 Å². The van der Waals surface area contributed by atoms with Gasteiger partial charge in [-0.05, 0) is 28.0 Å². The van der Waals surface area contributed by atoms with Crippen LogP contribution in [-0.2, 0) is 10.2 Å². The zero-order valence-corrected chi connectivity index (χ0v) is 12.9. The smallest absolute Gasteiger partial charge is 0.0919 e. The van der Waals surface area contributed by atoms with E-state index in [1.807, 2.05) is 6.26 Å². The molecule has 1 nitrogen and oxygen atoms in total. The minimum absolute atomic E-state index is 0.101. The molecule has 0 amide bonds. The summed E-state index contributed by atoms with van der Waals surface area (Å²) >= 11 is 0. The lowest BCUT2D eigenvalue weighted by Gasteiger charge is -2.18. The zero-order valence-electron chi connectivity index (χ0n) is 12.9. The average Bonchev–Trinajstić information content (AvgIpc) is 3.32. The minimum atomic E-state index is 0.101. The van der Waals surface area contributed by atoms with Crippen LogP contribution in [0.2, 0.25) is 0 Å². The fourth-order valence-electron chi connectivity index (χ4n) is 4.48. The molecule has 3 atom stereocenters. The van der Waals surface area contributed by atoms with Gasteiger partial charge in [-0.3, -0.25) is 0 Å². The molecular weight excluding hydrogens is 280 g/mol. The Morgan fingerprint density at radius 2 is 1.61 bits per heavy atom. The van der Waals surface area contributed by atoms with E-state index in [0.29, 0.717) is 11.8 Å². The predicted molar refractivity (Wildman–Crippen MR) is 93.4 cm³/mol. The van der Waals surface area contributed by atoms with E-state index in [0.717, 1.165) is 6.61 Å². The summed E-state index contributed by atoms with van der Waals surface area (Å²) in [5, 5.41) is 2.69. The van der Waals surface area contributed by atoms with Crippen LogP contribution < -0.4 is 0 Å². The Balaban J connectivity index is 1.70. The lowest BCUT2D eigenvalue weighted by Crippen LogP contribution is -2.13. The van der Waals surface area contributed by atoms with E-state index in [4.69, 9.17) is 4.74 Å². The highest BCUT2D eigenvalue weighted by atomic mass is 16.5. The van der Waals surface area contributed by atoms with Gasteiger partial charge < -0.3 is 4.74 Å². The first kappa shape index (κ1) is 13.0. The number of allylic oxidation sites excluding steroid dienone is 1. The van der Waals surface area contributed by atoms with E-state index in [-0.39, 0.29) is 5.41 Å². The standard InChI is InChI=1S/C22H18O/c1-2-9-17(10-3-1)22-13-14-23-15-20(22)21(22)19-12-6-8-16-7-4-5-11-18(16)19/h1-14,20-21H,15H2/t20-,21-,22+/m1/s1. The number of ether oxygens (including phenoxy) is 1. The summed E-state index contributed by atoms with van der Waals surface area (Å²) in [6.07, 6.45) is 4.18. The van der Waals surface area contributed by atoms with Crippen molar-refractivity contribution in [2.75, 3.05) is 6.61 Å². The van der Waals surface area contributed by atoms with Gasteiger partial charge in [0.05, 0.1) is 12.9 Å². The van der Waals surface area contributed by atoms with Crippen molar-refractivity contribution in [3.8, 4) is 0 Å². The highest BCUT2D eigenvalue weighted by molar-refractivity contribution is 5.87. The highest BCUT2D eigenvalue weighted by Crippen LogP contribution is 2.68. The Hall–Kier alpha value is -2.54. The quantitative estimate of drug-likeness (QED) is 0.644. The van der Waals surface area contributed by atoms with E-state index < -0.39 is 0 Å². The molecule has 0 aromatic heterocycles. The van der Waals surface area contributed by atoms with Gasteiger partial charge in [0.15, 0.2) is 0 Å². The molecule has 1 aliphatic carbocycles. The summed E-state index contributed by atoms with van der Waals surface area (Å²) in [4.78, 5) is 0. The Bertz CT molecular complexity index is 891. The molecule has 112 valence electrons. The molecule has 1 fully saturated rings. The summed E-state index contributed by atoms with van der Waals surface area (Å²) in [6.45, 7) is 0.805. The van der Waals surface area contributed by atoms with Gasteiger partial charge in [0.2, 0.25) is 0 Å². The molecular formula is C22H18O. The Morgan fingerprint density at radius 3 is 2.52 bits per heavy atom. The molecule has 0 radical (unpaired) electrons. The third kappa shape index (κ3) is 1.74. The van der Waals surface area contributed by atoms with E-state index in [9.17, 15) is 0 Å². The zero-order chi connectivity index (χ0) is 15.3. The van der Waals surface area contributed by atoms with Crippen LogP contribution in [0.15, 0.2) is 85.1 Å².